The van der Waals surface area contributed by atoms with Gasteiger partial charge in [-0.15, -0.1) is 0 Å². The minimum Gasteiger partial charge on any atom is -0.481 e. The molecule has 5 nitrogen and oxygen atoms in total. The van der Waals surface area contributed by atoms with Gasteiger partial charge in [0.2, 0.25) is 5.91 Å². The zero-order valence-electron chi connectivity index (χ0n) is 11.4. The molecule has 1 N–H and O–H groups in total. The van der Waals surface area contributed by atoms with Gasteiger partial charge in [-0.2, -0.15) is 0 Å². The van der Waals surface area contributed by atoms with Crippen molar-refractivity contribution >= 4 is 11.9 Å². The van der Waals surface area contributed by atoms with Gasteiger partial charge in [-0.1, -0.05) is 18.2 Å². The number of allylic oxidation sites excluding steroid dienone is 2. The molecule has 20 heavy (non-hydrogen) atoms. The largest absolute Gasteiger partial charge is 0.481 e. The number of nitrogens with zero attached hydrogens (tertiary/aromatic N) is 2. The summed E-state index contributed by atoms with van der Waals surface area (Å²) in [6.45, 7) is 0.444. The molecule has 1 amide bonds. The molecule has 0 bridgehead atoms. The second-order valence-corrected chi connectivity index (χ2v) is 5.05. The summed E-state index contributed by atoms with van der Waals surface area (Å²) in [4.78, 5) is 29.3. The number of carbonyl (C=O) groups is 2. The fourth-order valence-corrected chi connectivity index (χ4v) is 2.49. The van der Waals surface area contributed by atoms with Gasteiger partial charge >= 0.3 is 5.97 Å². The molecule has 106 valence electrons. The maximum Gasteiger partial charge on any atom is 0.307 e. The van der Waals surface area contributed by atoms with E-state index in [9.17, 15) is 14.7 Å². The molecule has 0 radical (unpaired) electrons. The molecule has 0 aliphatic heterocycles. The number of hydrogen-bond donors (Lipinski definition) is 1. The predicted octanol–water partition coefficient (Wildman–Crippen LogP) is 1.71. The summed E-state index contributed by atoms with van der Waals surface area (Å²) >= 11 is 0. The quantitative estimate of drug-likeness (QED) is 0.848. The number of rotatable bonds is 4. The number of carboxylic acid groups (broad SMARTS) is 1. The Bertz CT molecular complexity index is 513. The Labute approximate surface area is 117 Å². The second kappa shape index (κ2) is 6.32. The van der Waals surface area contributed by atoms with Crippen LogP contribution in [0.5, 0.6) is 0 Å². The van der Waals surface area contributed by atoms with Crippen LogP contribution in [0.15, 0.2) is 36.7 Å². The predicted molar refractivity (Wildman–Crippen MR) is 73.7 cm³/mol. The van der Waals surface area contributed by atoms with Gasteiger partial charge in [-0.3, -0.25) is 14.6 Å². The third-order valence-corrected chi connectivity index (χ3v) is 3.59. The lowest BCUT2D eigenvalue weighted by Gasteiger charge is -2.28. The molecule has 1 aromatic rings. The molecule has 0 saturated carbocycles. The third-order valence-electron chi connectivity index (χ3n) is 3.59. The molecule has 1 aliphatic rings. The summed E-state index contributed by atoms with van der Waals surface area (Å²) in [5.41, 5.74) is 0.932. The Hall–Kier alpha value is -2.17. The molecular formula is C15H18N2O3. The standard InChI is InChI=1S/C15H18N2O3/c1-17(10-11-5-4-8-16-9-11)14(18)12-6-2-3-7-13(12)15(19)20/h2-5,8-9,12-13H,6-7,10H2,1H3,(H,19,20)/t12-,13+/m1/s1. The number of carbonyl (C=O) groups excluding carboxylic acids is 1. The van der Waals surface area contributed by atoms with Crippen LogP contribution in [0.25, 0.3) is 0 Å². The van der Waals surface area contributed by atoms with Crippen LogP contribution < -0.4 is 0 Å². The van der Waals surface area contributed by atoms with E-state index in [0.717, 1.165) is 5.56 Å². The first kappa shape index (κ1) is 14.2. The molecule has 0 unspecified atom stereocenters. The zero-order chi connectivity index (χ0) is 14.5. The van der Waals surface area contributed by atoms with Gasteiger partial charge < -0.3 is 10.0 Å². The van der Waals surface area contributed by atoms with Crippen LogP contribution in [0.1, 0.15) is 18.4 Å². The maximum atomic E-state index is 12.4. The van der Waals surface area contributed by atoms with Gasteiger partial charge in [-0.05, 0) is 24.5 Å². The Balaban J connectivity index is 2.05. The van der Waals surface area contributed by atoms with Crippen molar-refractivity contribution in [3.63, 3.8) is 0 Å². The molecule has 2 atom stereocenters. The van der Waals surface area contributed by atoms with Gasteiger partial charge in [0.05, 0.1) is 11.8 Å². The van der Waals surface area contributed by atoms with Crippen molar-refractivity contribution < 1.29 is 14.7 Å². The van der Waals surface area contributed by atoms with Crippen LogP contribution in [-0.2, 0) is 16.1 Å². The summed E-state index contributed by atoms with van der Waals surface area (Å²) in [5.74, 6) is -2.11. The first-order chi connectivity index (χ1) is 9.59. The lowest BCUT2D eigenvalue weighted by atomic mass is 9.82. The average molecular weight is 274 g/mol. The first-order valence-electron chi connectivity index (χ1n) is 6.61. The molecule has 2 rings (SSSR count). The molecule has 1 aromatic heterocycles. The van der Waals surface area contributed by atoms with Crippen LogP contribution in [0.3, 0.4) is 0 Å². The number of hydrogen-bond acceptors (Lipinski definition) is 3. The van der Waals surface area contributed by atoms with Crippen LogP contribution >= 0.6 is 0 Å². The Kier molecular flexibility index (Phi) is 4.50. The molecule has 1 aliphatic carbocycles. The van der Waals surface area contributed by atoms with Crippen molar-refractivity contribution in [2.24, 2.45) is 11.8 Å². The molecule has 0 aromatic carbocycles. The average Bonchev–Trinajstić information content (AvgIpc) is 2.47. The Morgan fingerprint density at radius 1 is 1.35 bits per heavy atom. The third kappa shape index (κ3) is 3.23. The van der Waals surface area contributed by atoms with Crippen molar-refractivity contribution in [3.8, 4) is 0 Å². The number of aromatic nitrogens is 1. The van der Waals surface area contributed by atoms with Gasteiger partial charge in [0, 0.05) is 26.0 Å². The van der Waals surface area contributed by atoms with E-state index >= 15 is 0 Å². The van der Waals surface area contributed by atoms with E-state index in [1.807, 2.05) is 24.3 Å². The second-order valence-electron chi connectivity index (χ2n) is 5.05. The number of aliphatic carboxylic acids is 1. The summed E-state index contributed by atoms with van der Waals surface area (Å²) in [5, 5.41) is 9.21. The van der Waals surface area contributed by atoms with Gasteiger partial charge in [0.1, 0.15) is 0 Å². The molecule has 0 saturated heterocycles. The SMILES string of the molecule is CN(Cc1cccnc1)C(=O)[C@@H]1CC=CC[C@@H]1C(=O)O. The van der Waals surface area contributed by atoms with E-state index in [2.05, 4.69) is 4.98 Å². The highest BCUT2D eigenvalue weighted by molar-refractivity contribution is 5.85. The van der Waals surface area contributed by atoms with E-state index in [1.165, 1.54) is 0 Å². The first-order valence-corrected chi connectivity index (χ1v) is 6.61. The highest BCUT2D eigenvalue weighted by atomic mass is 16.4. The maximum absolute atomic E-state index is 12.4. The monoisotopic (exact) mass is 274 g/mol. The number of amides is 1. The van der Waals surface area contributed by atoms with Crippen LogP contribution in [0.2, 0.25) is 0 Å². The van der Waals surface area contributed by atoms with Crippen LogP contribution in [0.4, 0.5) is 0 Å². The van der Waals surface area contributed by atoms with E-state index in [1.54, 1.807) is 24.3 Å². The minimum absolute atomic E-state index is 0.120. The van der Waals surface area contributed by atoms with Gasteiger partial charge in [0.25, 0.3) is 0 Å². The molecule has 5 heteroatoms. The van der Waals surface area contributed by atoms with Crippen molar-refractivity contribution in [2.75, 3.05) is 7.05 Å². The highest BCUT2D eigenvalue weighted by Crippen LogP contribution is 2.27. The minimum atomic E-state index is -0.900. The van der Waals surface area contributed by atoms with Gasteiger partial charge in [-0.25, -0.2) is 0 Å². The van der Waals surface area contributed by atoms with Gasteiger partial charge in [0.15, 0.2) is 0 Å². The normalized spacial score (nSPS) is 21.4. The van der Waals surface area contributed by atoms with E-state index in [-0.39, 0.29) is 5.91 Å². The fourth-order valence-electron chi connectivity index (χ4n) is 2.49. The molecule has 0 spiro atoms. The number of carboxylic acids is 1. The van der Waals surface area contributed by atoms with E-state index < -0.39 is 17.8 Å². The Morgan fingerprint density at radius 2 is 2.05 bits per heavy atom. The summed E-state index contributed by atoms with van der Waals surface area (Å²) in [6.07, 6.45) is 8.03. The zero-order valence-corrected chi connectivity index (χ0v) is 11.4. The van der Waals surface area contributed by atoms with E-state index in [0.29, 0.717) is 19.4 Å². The van der Waals surface area contributed by atoms with Crippen LogP contribution in [0, 0.1) is 11.8 Å². The smallest absolute Gasteiger partial charge is 0.307 e. The van der Waals surface area contributed by atoms with Crippen LogP contribution in [-0.4, -0.2) is 33.9 Å². The summed E-state index contributed by atoms with van der Waals surface area (Å²) in [6, 6.07) is 3.71. The van der Waals surface area contributed by atoms with Crippen molar-refractivity contribution in [3.05, 3.63) is 42.2 Å². The number of pyridine rings is 1. The lowest BCUT2D eigenvalue weighted by molar-refractivity contribution is -0.150. The van der Waals surface area contributed by atoms with Crippen molar-refractivity contribution in [1.82, 2.24) is 9.88 Å². The molecule has 0 fully saturated rings. The molecule has 1 heterocycles. The van der Waals surface area contributed by atoms with Crippen molar-refractivity contribution in [1.29, 1.82) is 0 Å². The topological polar surface area (TPSA) is 70.5 Å². The lowest BCUT2D eigenvalue weighted by Crippen LogP contribution is -2.39. The highest BCUT2D eigenvalue weighted by Gasteiger charge is 2.35. The molecular weight excluding hydrogens is 256 g/mol. The summed E-state index contributed by atoms with van der Waals surface area (Å²) < 4.78 is 0. The fraction of sp³-hybridized carbons (Fsp3) is 0.400. The van der Waals surface area contributed by atoms with Crippen molar-refractivity contribution in [2.45, 2.75) is 19.4 Å². The Morgan fingerprint density at radius 3 is 2.65 bits per heavy atom. The summed E-state index contributed by atoms with van der Waals surface area (Å²) in [7, 11) is 1.70. The van der Waals surface area contributed by atoms with E-state index in [4.69, 9.17) is 0 Å².